The van der Waals surface area contributed by atoms with Crippen LogP contribution in [0.4, 0.5) is 0 Å². The molecule has 32 valence electrons. The van der Waals surface area contributed by atoms with E-state index in [1.807, 2.05) is 0 Å². The molecule has 0 radical (unpaired) electrons. The fraction of sp³-hybridized carbons (Fsp3) is 0. The van der Waals surface area contributed by atoms with Gasteiger partial charge in [0.1, 0.15) is 0 Å². The van der Waals surface area contributed by atoms with Crippen LogP contribution >= 0.6 is 0 Å². The van der Waals surface area contributed by atoms with Gasteiger partial charge in [-0.3, -0.25) is 0 Å². The number of hydrogen-bond acceptors (Lipinski definition) is 2. The van der Waals surface area contributed by atoms with Crippen LogP contribution < -0.4 is 0 Å². The van der Waals surface area contributed by atoms with Crippen LogP contribution in [0.2, 0.25) is 0 Å². The number of nitrogens with zero attached hydrogens (tertiary/aromatic N) is 2. The molecule has 5 heteroatoms. The Morgan fingerprint density at radius 3 is 1.00 bits per heavy atom. The van der Waals surface area contributed by atoms with Crippen molar-refractivity contribution >= 4 is 12.0 Å². The molecule has 0 amide bonds. The number of nitrogens with one attached hydrogen (secondary N) is 2. The van der Waals surface area contributed by atoms with Crippen molar-refractivity contribution < 1.29 is 19.5 Å². The molecule has 0 atom stereocenters. The van der Waals surface area contributed by atoms with E-state index >= 15 is 0 Å². The average Bonchev–Trinajstić information content (AvgIpc) is 1.39. The molecule has 0 aromatic carbocycles. The Morgan fingerprint density at radius 1 is 1.00 bits per heavy atom. The van der Waals surface area contributed by atoms with Crippen LogP contribution in [0, 0.1) is 10.8 Å². The van der Waals surface area contributed by atoms with Crippen molar-refractivity contribution in [3.05, 3.63) is 10.8 Å². The normalized spacial score (nSPS) is 2.29. The van der Waals surface area contributed by atoms with Gasteiger partial charge >= 0.3 is 19.5 Å². The number of hydrogen-bond donors (Lipinski definition) is 2. The molecule has 4 nitrogen and oxygen atoms in total. The van der Waals surface area contributed by atoms with Crippen molar-refractivity contribution in [2.24, 2.45) is 0 Å². The van der Waals surface area contributed by atoms with Crippen molar-refractivity contribution in [1.82, 2.24) is 0 Å². The van der Waals surface area contributed by atoms with Crippen molar-refractivity contribution in [3.8, 4) is 0 Å². The first-order valence-corrected chi connectivity index (χ1v) is 0.947. The number of rotatable bonds is 0. The summed E-state index contributed by atoms with van der Waals surface area (Å²) in [6.45, 7) is 0. The van der Waals surface area contributed by atoms with Gasteiger partial charge in [0.15, 0.2) is 0 Å². The van der Waals surface area contributed by atoms with Crippen LogP contribution in [0.3, 0.4) is 0 Å². The summed E-state index contributed by atoms with van der Waals surface area (Å²) in [5, 5.41) is 25.0. The van der Waals surface area contributed by atoms with E-state index in [9.17, 15) is 0 Å². The minimum Gasteiger partial charge on any atom is -0.447 e. The molecule has 7 heavy (non-hydrogen) atoms. The topological polar surface area (TPSA) is 92.3 Å². The Morgan fingerprint density at radius 2 is 1.00 bits per heavy atom. The molecular weight excluding hydrogens is 145 g/mol. The molecule has 0 spiro atoms. The minimum atomic E-state index is 0. The molecule has 0 aliphatic carbocycles. The quantitative estimate of drug-likeness (QED) is 0.371. The zero-order valence-corrected chi connectivity index (χ0v) is 6.57. The molecule has 0 aliphatic heterocycles. The SMILES string of the molecule is [N-]=C=N.[N-]=C=N.[Zn+2]. The first kappa shape index (κ1) is 16.2. The summed E-state index contributed by atoms with van der Waals surface area (Å²) in [4.78, 5) is 0. The maximum absolute atomic E-state index is 6.99. The monoisotopic (exact) mass is 146 g/mol. The van der Waals surface area contributed by atoms with E-state index in [0.29, 0.717) is 0 Å². The smallest absolute Gasteiger partial charge is 0.447 e. The maximum Gasteiger partial charge on any atom is 2.00 e. The van der Waals surface area contributed by atoms with Gasteiger partial charge in [0.25, 0.3) is 0 Å². The Kier molecular flexibility index (Phi) is 125. The van der Waals surface area contributed by atoms with Crippen LogP contribution in [0.5, 0.6) is 0 Å². The van der Waals surface area contributed by atoms with Gasteiger partial charge in [0.05, 0.1) is 0 Å². The predicted octanol–water partition coefficient (Wildman–Crippen LogP) is 0.614. The van der Waals surface area contributed by atoms with Crippen LogP contribution in [0.15, 0.2) is 0 Å². The largest absolute Gasteiger partial charge is 2.00 e. The molecule has 0 aromatic rings. The van der Waals surface area contributed by atoms with Crippen molar-refractivity contribution in [2.75, 3.05) is 0 Å². The van der Waals surface area contributed by atoms with Gasteiger partial charge in [0.2, 0.25) is 0 Å². The van der Waals surface area contributed by atoms with Crippen LogP contribution in [-0.4, -0.2) is 12.0 Å². The van der Waals surface area contributed by atoms with E-state index in [1.54, 1.807) is 0 Å². The third-order valence-electron chi connectivity index (χ3n) is 0. The van der Waals surface area contributed by atoms with E-state index in [1.165, 1.54) is 0 Å². The van der Waals surface area contributed by atoms with Crippen LogP contribution in [0.1, 0.15) is 0 Å². The summed E-state index contributed by atoms with van der Waals surface area (Å²) in [6, 6.07) is 2.00. The van der Waals surface area contributed by atoms with Gasteiger partial charge in [0, 0.05) is 0 Å². The molecule has 0 fully saturated rings. The van der Waals surface area contributed by atoms with Gasteiger partial charge in [-0.25, -0.2) is 0 Å². The molecule has 0 saturated heterocycles. The Balaban J connectivity index is -0.0000000400. The third kappa shape index (κ3) is 162. The third-order valence-corrected chi connectivity index (χ3v) is 0. The zero-order chi connectivity index (χ0) is 5.41. The summed E-state index contributed by atoms with van der Waals surface area (Å²) in [7, 11) is 0. The first-order chi connectivity index (χ1) is 2.83. The Hall–Kier alpha value is -0.617. The van der Waals surface area contributed by atoms with E-state index in [-0.39, 0.29) is 19.5 Å². The molecular formula is C2H2N4Zn. The standard InChI is InChI=1S/2CHN2.Zn/c2*2-1-3;/h2*2H;/q2*-1;+2. The Bertz CT molecular complexity index is 63.7. The molecule has 0 unspecified atom stereocenters. The molecule has 0 heterocycles. The molecule has 0 aromatic heterocycles. The van der Waals surface area contributed by atoms with Gasteiger partial charge < -0.3 is 21.6 Å². The van der Waals surface area contributed by atoms with Crippen LogP contribution in [0.25, 0.3) is 10.8 Å². The van der Waals surface area contributed by atoms with Gasteiger partial charge in [-0.15, -0.1) is 0 Å². The maximum atomic E-state index is 6.99. The van der Waals surface area contributed by atoms with E-state index in [0.717, 1.165) is 12.0 Å². The van der Waals surface area contributed by atoms with Crippen molar-refractivity contribution in [2.45, 2.75) is 0 Å². The zero-order valence-electron chi connectivity index (χ0n) is 3.60. The van der Waals surface area contributed by atoms with Crippen molar-refractivity contribution in [1.29, 1.82) is 10.8 Å². The second-order valence-electron chi connectivity index (χ2n) is 0.224. The summed E-state index contributed by atoms with van der Waals surface area (Å²) in [5.41, 5.74) is 0. The van der Waals surface area contributed by atoms with Gasteiger partial charge in [-0.2, -0.15) is 12.0 Å². The van der Waals surface area contributed by atoms with Crippen LogP contribution in [-0.2, 0) is 19.5 Å². The molecule has 0 bridgehead atoms. The van der Waals surface area contributed by atoms with Gasteiger partial charge in [-0.1, -0.05) is 0 Å². The Labute approximate surface area is 53.7 Å². The molecule has 2 N–H and O–H groups in total. The summed E-state index contributed by atoms with van der Waals surface area (Å²) >= 11 is 0. The summed E-state index contributed by atoms with van der Waals surface area (Å²) in [6.07, 6.45) is 0. The van der Waals surface area contributed by atoms with Crippen molar-refractivity contribution in [3.63, 3.8) is 0 Å². The fourth-order valence-corrected chi connectivity index (χ4v) is 0. The van der Waals surface area contributed by atoms with E-state index in [2.05, 4.69) is 0 Å². The molecule has 0 saturated carbocycles. The summed E-state index contributed by atoms with van der Waals surface area (Å²) in [5.74, 6) is 0. The molecule has 0 aliphatic rings. The summed E-state index contributed by atoms with van der Waals surface area (Å²) < 4.78 is 0. The molecule has 0 rings (SSSR count). The van der Waals surface area contributed by atoms with Gasteiger partial charge in [-0.05, 0) is 0 Å². The fourth-order valence-electron chi connectivity index (χ4n) is 0. The van der Waals surface area contributed by atoms with E-state index in [4.69, 9.17) is 21.6 Å². The average molecular weight is 147 g/mol. The second kappa shape index (κ2) is 54.0. The minimum absolute atomic E-state index is 0. The first-order valence-electron chi connectivity index (χ1n) is 0.947. The predicted molar refractivity (Wildman–Crippen MR) is 22.2 cm³/mol. The second-order valence-corrected chi connectivity index (χ2v) is 0.224. The van der Waals surface area contributed by atoms with E-state index < -0.39 is 0 Å².